The lowest BCUT2D eigenvalue weighted by Crippen LogP contribution is -2.42. The van der Waals surface area contributed by atoms with E-state index in [0.29, 0.717) is 24.7 Å². The van der Waals surface area contributed by atoms with E-state index in [1.807, 2.05) is 17.7 Å². The van der Waals surface area contributed by atoms with Crippen LogP contribution in [0.2, 0.25) is 0 Å². The normalized spacial score (nSPS) is 11.6. The molecule has 2 N–H and O–H groups in total. The number of nitrogens with one attached hydrogen (secondary N) is 2. The number of carbonyl (C=O) groups is 1. The van der Waals surface area contributed by atoms with Crippen LogP contribution in [0, 0.1) is 5.82 Å². The maximum absolute atomic E-state index is 13.2. The first kappa shape index (κ1) is 18.4. The highest BCUT2D eigenvalue weighted by molar-refractivity contribution is 5.74. The van der Waals surface area contributed by atoms with Gasteiger partial charge < -0.3 is 19.9 Å². The van der Waals surface area contributed by atoms with Crippen LogP contribution in [-0.2, 0) is 13.1 Å². The minimum absolute atomic E-state index is 0.0423. The van der Waals surface area contributed by atoms with Crippen molar-refractivity contribution in [2.45, 2.75) is 26.1 Å². The summed E-state index contributed by atoms with van der Waals surface area (Å²) in [6.07, 6.45) is 6.84. The van der Waals surface area contributed by atoms with E-state index in [0.717, 1.165) is 5.56 Å². The number of hydrogen-bond acceptors (Lipinski definition) is 4. The molecular weight excluding hydrogens is 349 g/mol. The van der Waals surface area contributed by atoms with E-state index in [9.17, 15) is 9.18 Å². The summed E-state index contributed by atoms with van der Waals surface area (Å²) in [5.41, 5.74) is 0.819. The van der Waals surface area contributed by atoms with Crippen LogP contribution in [0.1, 0.15) is 12.5 Å². The standard InChI is InChI=1S/C19H20FN5O2/c1-14(12-25-8-7-21-13-25)24-19(26)23-11-15-5-6-18(22-10-15)27-17-4-2-3-16(20)9-17/h2-10,13-14H,11-12H2,1H3,(H2,23,24,26)/t14-/m0/s1. The van der Waals surface area contributed by atoms with Crippen molar-refractivity contribution in [3.63, 3.8) is 0 Å². The van der Waals surface area contributed by atoms with Crippen molar-refractivity contribution in [1.29, 1.82) is 0 Å². The number of carbonyl (C=O) groups excluding carboxylic acids is 1. The van der Waals surface area contributed by atoms with Crippen LogP contribution in [-0.4, -0.2) is 26.6 Å². The van der Waals surface area contributed by atoms with E-state index in [-0.39, 0.29) is 17.9 Å². The number of urea groups is 1. The first-order valence-electron chi connectivity index (χ1n) is 8.47. The molecule has 0 bridgehead atoms. The summed E-state index contributed by atoms with van der Waals surface area (Å²) in [6, 6.07) is 8.99. The van der Waals surface area contributed by atoms with Gasteiger partial charge in [0.25, 0.3) is 0 Å². The molecule has 0 spiro atoms. The van der Waals surface area contributed by atoms with Crippen molar-refractivity contribution in [2.24, 2.45) is 0 Å². The predicted molar refractivity (Wildman–Crippen MR) is 97.8 cm³/mol. The molecule has 27 heavy (non-hydrogen) atoms. The van der Waals surface area contributed by atoms with E-state index >= 15 is 0 Å². The SMILES string of the molecule is C[C@@H](Cn1ccnc1)NC(=O)NCc1ccc(Oc2cccc(F)c2)nc1. The lowest BCUT2D eigenvalue weighted by molar-refractivity contribution is 0.236. The van der Waals surface area contributed by atoms with E-state index in [2.05, 4.69) is 20.6 Å². The number of rotatable bonds is 7. The molecule has 140 valence electrons. The molecule has 7 nitrogen and oxygen atoms in total. The number of aromatic nitrogens is 3. The molecule has 1 aromatic carbocycles. The van der Waals surface area contributed by atoms with Gasteiger partial charge in [0, 0.05) is 49.9 Å². The Kier molecular flexibility index (Phi) is 5.98. The van der Waals surface area contributed by atoms with Gasteiger partial charge in [-0.15, -0.1) is 0 Å². The zero-order valence-corrected chi connectivity index (χ0v) is 14.8. The fourth-order valence-corrected chi connectivity index (χ4v) is 2.44. The van der Waals surface area contributed by atoms with Gasteiger partial charge >= 0.3 is 6.03 Å². The van der Waals surface area contributed by atoms with Gasteiger partial charge in [-0.05, 0) is 24.6 Å². The second-order valence-electron chi connectivity index (χ2n) is 6.05. The molecule has 1 atom stereocenters. The second-order valence-corrected chi connectivity index (χ2v) is 6.05. The first-order valence-corrected chi connectivity index (χ1v) is 8.47. The van der Waals surface area contributed by atoms with Gasteiger partial charge in [-0.25, -0.2) is 19.2 Å². The third kappa shape index (κ3) is 5.81. The molecule has 0 aliphatic carbocycles. The molecule has 3 rings (SSSR count). The van der Waals surface area contributed by atoms with Gasteiger partial charge in [0.15, 0.2) is 0 Å². The van der Waals surface area contributed by atoms with Crippen LogP contribution in [0.4, 0.5) is 9.18 Å². The number of benzene rings is 1. The fraction of sp³-hybridized carbons (Fsp3) is 0.211. The van der Waals surface area contributed by atoms with Gasteiger partial charge in [-0.3, -0.25) is 0 Å². The summed E-state index contributed by atoms with van der Waals surface area (Å²) in [5.74, 6) is 0.351. The molecule has 0 radical (unpaired) electrons. The minimum atomic E-state index is -0.374. The number of pyridine rings is 1. The van der Waals surface area contributed by atoms with Crippen molar-refractivity contribution in [3.8, 4) is 11.6 Å². The lowest BCUT2D eigenvalue weighted by Gasteiger charge is -2.15. The molecule has 8 heteroatoms. The highest BCUT2D eigenvalue weighted by Gasteiger charge is 2.08. The maximum Gasteiger partial charge on any atom is 0.315 e. The van der Waals surface area contributed by atoms with E-state index in [1.54, 1.807) is 43.0 Å². The van der Waals surface area contributed by atoms with Crippen molar-refractivity contribution in [2.75, 3.05) is 0 Å². The Balaban J connectivity index is 1.44. The van der Waals surface area contributed by atoms with Gasteiger partial charge in [0.1, 0.15) is 11.6 Å². The molecule has 0 aliphatic rings. The largest absolute Gasteiger partial charge is 0.439 e. The van der Waals surface area contributed by atoms with Gasteiger partial charge in [-0.1, -0.05) is 12.1 Å². The number of nitrogens with zero attached hydrogens (tertiary/aromatic N) is 3. The molecule has 0 saturated heterocycles. The maximum atomic E-state index is 13.2. The summed E-state index contributed by atoms with van der Waals surface area (Å²) >= 11 is 0. The topological polar surface area (TPSA) is 81.1 Å². The summed E-state index contributed by atoms with van der Waals surface area (Å²) < 4.78 is 20.5. The molecule has 0 saturated carbocycles. The Hall–Kier alpha value is -3.42. The smallest absolute Gasteiger partial charge is 0.315 e. The number of halogens is 1. The Morgan fingerprint density at radius 1 is 1.33 bits per heavy atom. The predicted octanol–water partition coefficient (Wildman–Crippen LogP) is 3.10. The van der Waals surface area contributed by atoms with Crippen LogP contribution >= 0.6 is 0 Å². The zero-order valence-electron chi connectivity index (χ0n) is 14.8. The van der Waals surface area contributed by atoms with Crippen LogP contribution in [0.3, 0.4) is 0 Å². The van der Waals surface area contributed by atoms with Crippen molar-refractivity contribution in [3.05, 3.63) is 72.7 Å². The van der Waals surface area contributed by atoms with Crippen molar-refractivity contribution in [1.82, 2.24) is 25.2 Å². The highest BCUT2D eigenvalue weighted by atomic mass is 19.1. The molecule has 3 aromatic rings. The average Bonchev–Trinajstić information content (AvgIpc) is 3.14. The number of ether oxygens (including phenoxy) is 1. The number of amides is 2. The highest BCUT2D eigenvalue weighted by Crippen LogP contribution is 2.19. The van der Waals surface area contributed by atoms with Crippen LogP contribution < -0.4 is 15.4 Å². The number of imidazole rings is 1. The quantitative estimate of drug-likeness (QED) is 0.671. The summed E-state index contributed by atoms with van der Waals surface area (Å²) in [7, 11) is 0. The summed E-state index contributed by atoms with van der Waals surface area (Å²) in [6.45, 7) is 2.89. The average molecular weight is 369 g/mol. The van der Waals surface area contributed by atoms with E-state index in [1.165, 1.54) is 12.1 Å². The first-order chi connectivity index (χ1) is 13.1. The van der Waals surface area contributed by atoms with Gasteiger partial charge in [0.05, 0.1) is 6.33 Å². The third-order valence-electron chi connectivity index (χ3n) is 3.69. The molecule has 2 heterocycles. The Morgan fingerprint density at radius 2 is 2.22 bits per heavy atom. The van der Waals surface area contributed by atoms with E-state index in [4.69, 9.17) is 4.74 Å². The molecular formula is C19H20FN5O2. The van der Waals surface area contributed by atoms with Crippen LogP contribution in [0.15, 0.2) is 61.3 Å². The number of hydrogen-bond donors (Lipinski definition) is 2. The summed E-state index contributed by atoms with van der Waals surface area (Å²) in [4.78, 5) is 20.1. The molecule has 2 amide bonds. The second kappa shape index (κ2) is 8.79. The fourth-order valence-electron chi connectivity index (χ4n) is 2.44. The molecule has 0 fully saturated rings. The molecule has 0 aliphatic heterocycles. The van der Waals surface area contributed by atoms with Crippen LogP contribution in [0.25, 0.3) is 0 Å². The molecule has 2 aromatic heterocycles. The Morgan fingerprint density at radius 3 is 2.93 bits per heavy atom. The minimum Gasteiger partial charge on any atom is -0.439 e. The Labute approximate surface area is 156 Å². The zero-order chi connectivity index (χ0) is 19.1. The van der Waals surface area contributed by atoms with Gasteiger partial charge in [0.2, 0.25) is 5.88 Å². The van der Waals surface area contributed by atoms with Crippen LogP contribution in [0.5, 0.6) is 11.6 Å². The molecule has 0 unspecified atom stereocenters. The van der Waals surface area contributed by atoms with E-state index < -0.39 is 0 Å². The van der Waals surface area contributed by atoms with Gasteiger partial charge in [-0.2, -0.15) is 0 Å². The summed E-state index contributed by atoms with van der Waals surface area (Å²) in [5, 5.41) is 5.64. The Bertz CT molecular complexity index is 868. The monoisotopic (exact) mass is 369 g/mol. The van der Waals surface area contributed by atoms with Crippen molar-refractivity contribution < 1.29 is 13.9 Å². The van der Waals surface area contributed by atoms with Crippen molar-refractivity contribution >= 4 is 6.03 Å². The lowest BCUT2D eigenvalue weighted by atomic mass is 10.3. The third-order valence-corrected chi connectivity index (χ3v) is 3.69.